The Hall–Kier alpha value is -0.710. The summed E-state index contributed by atoms with van der Waals surface area (Å²) in [5, 5.41) is 0. The van der Waals surface area contributed by atoms with E-state index in [1.807, 2.05) is 0 Å². The van der Waals surface area contributed by atoms with Crippen LogP contribution >= 0.6 is 11.8 Å². The summed E-state index contributed by atoms with van der Waals surface area (Å²) in [6, 6.07) is -0.376. The van der Waals surface area contributed by atoms with Crippen LogP contribution in [0.1, 0.15) is 110 Å². The van der Waals surface area contributed by atoms with Gasteiger partial charge in [-0.25, -0.2) is 4.79 Å². The van der Waals surface area contributed by atoms with Crippen molar-refractivity contribution < 1.29 is 14.3 Å². The molecule has 1 heterocycles. The molecule has 0 aromatic rings. The van der Waals surface area contributed by atoms with Gasteiger partial charge in [0, 0.05) is 12.2 Å². The fraction of sp³-hybridized carbons (Fsp3) is 0.913. The highest BCUT2D eigenvalue weighted by Gasteiger charge is 2.34. The molecular weight excluding hydrogens is 370 g/mol. The minimum atomic E-state index is -0.376. The van der Waals surface area contributed by atoms with Crippen LogP contribution in [0.4, 0.5) is 0 Å². The number of unbranched alkanes of at least 4 members (excludes halogenated alkanes) is 14. The lowest BCUT2D eigenvalue weighted by molar-refractivity contribution is -0.150. The molecule has 0 aromatic carbocycles. The zero-order valence-corrected chi connectivity index (χ0v) is 19.2. The van der Waals surface area contributed by atoms with E-state index in [0.717, 1.165) is 12.8 Å². The van der Waals surface area contributed by atoms with Gasteiger partial charge in [0.25, 0.3) is 0 Å². The standard InChI is InChI=1S/C23H43NO3S/c1-3-4-5-6-7-8-9-10-11-12-13-14-15-16-17-18-22(25)24-20-28-19-21(24)23(26)27-2/h21H,3-20H2,1-2H3/t21-/m0/s1. The molecule has 4 nitrogen and oxygen atoms in total. The van der Waals surface area contributed by atoms with Crippen LogP contribution in [0.2, 0.25) is 0 Å². The molecule has 1 rings (SSSR count). The summed E-state index contributed by atoms with van der Waals surface area (Å²) in [6.45, 7) is 2.27. The average molecular weight is 414 g/mol. The molecule has 28 heavy (non-hydrogen) atoms. The Bertz CT molecular complexity index is 417. The van der Waals surface area contributed by atoms with Crippen molar-refractivity contribution in [1.82, 2.24) is 4.90 Å². The maximum Gasteiger partial charge on any atom is 0.329 e. The fourth-order valence-electron chi connectivity index (χ4n) is 3.81. The first-order valence-electron chi connectivity index (χ1n) is 11.7. The van der Waals surface area contributed by atoms with E-state index in [0.29, 0.717) is 18.1 Å². The molecule has 1 amide bonds. The van der Waals surface area contributed by atoms with E-state index in [9.17, 15) is 9.59 Å². The van der Waals surface area contributed by atoms with Crippen molar-refractivity contribution in [2.75, 3.05) is 18.7 Å². The average Bonchev–Trinajstić information content (AvgIpc) is 3.20. The van der Waals surface area contributed by atoms with Gasteiger partial charge in [0.2, 0.25) is 5.91 Å². The molecule has 0 unspecified atom stereocenters. The smallest absolute Gasteiger partial charge is 0.329 e. The number of nitrogens with zero attached hydrogens (tertiary/aromatic N) is 1. The van der Waals surface area contributed by atoms with E-state index in [4.69, 9.17) is 4.74 Å². The number of hydrogen-bond donors (Lipinski definition) is 0. The van der Waals surface area contributed by atoms with Gasteiger partial charge in [-0.15, -0.1) is 11.8 Å². The highest BCUT2D eigenvalue weighted by molar-refractivity contribution is 7.99. The molecule has 0 N–H and O–H groups in total. The van der Waals surface area contributed by atoms with Gasteiger partial charge < -0.3 is 9.64 Å². The second kappa shape index (κ2) is 17.2. The molecule has 1 aliphatic heterocycles. The first-order valence-corrected chi connectivity index (χ1v) is 12.8. The Morgan fingerprint density at radius 2 is 1.29 bits per heavy atom. The number of ether oxygens (including phenoxy) is 1. The van der Waals surface area contributed by atoms with E-state index in [1.54, 1.807) is 16.7 Å². The Balaban J connectivity index is 1.87. The largest absolute Gasteiger partial charge is 0.467 e. The minimum Gasteiger partial charge on any atom is -0.467 e. The highest BCUT2D eigenvalue weighted by Crippen LogP contribution is 2.23. The molecule has 1 aliphatic rings. The van der Waals surface area contributed by atoms with Gasteiger partial charge in [-0.2, -0.15) is 0 Å². The first kappa shape index (κ1) is 25.3. The molecule has 1 fully saturated rings. The Morgan fingerprint density at radius 3 is 1.75 bits per heavy atom. The van der Waals surface area contributed by atoms with E-state index in [1.165, 1.54) is 90.6 Å². The third-order valence-electron chi connectivity index (χ3n) is 5.67. The number of carbonyl (C=O) groups is 2. The maximum absolute atomic E-state index is 12.3. The van der Waals surface area contributed by atoms with Crippen LogP contribution in [0, 0.1) is 0 Å². The lowest BCUT2D eigenvalue weighted by atomic mass is 10.0. The number of amides is 1. The van der Waals surface area contributed by atoms with Gasteiger partial charge >= 0.3 is 5.97 Å². The molecule has 0 bridgehead atoms. The number of hydrogen-bond acceptors (Lipinski definition) is 4. The predicted octanol–water partition coefficient (Wildman–Crippen LogP) is 6.32. The van der Waals surface area contributed by atoms with E-state index in [-0.39, 0.29) is 17.9 Å². The molecule has 1 atom stereocenters. The molecule has 0 saturated carbocycles. The molecule has 0 aliphatic carbocycles. The zero-order valence-electron chi connectivity index (χ0n) is 18.4. The third kappa shape index (κ3) is 11.3. The van der Waals surface area contributed by atoms with Crippen LogP contribution in [-0.2, 0) is 14.3 Å². The van der Waals surface area contributed by atoms with Crippen LogP contribution < -0.4 is 0 Å². The Kier molecular flexibility index (Phi) is 15.5. The van der Waals surface area contributed by atoms with Gasteiger partial charge in [-0.3, -0.25) is 4.79 Å². The van der Waals surface area contributed by atoms with E-state index >= 15 is 0 Å². The second-order valence-electron chi connectivity index (χ2n) is 8.10. The van der Waals surface area contributed by atoms with Crippen molar-refractivity contribution in [3.05, 3.63) is 0 Å². The van der Waals surface area contributed by atoms with Gasteiger partial charge in [-0.05, 0) is 6.42 Å². The number of esters is 1. The predicted molar refractivity (Wildman–Crippen MR) is 120 cm³/mol. The Labute approximate surface area is 177 Å². The minimum absolute atomic E-state index is 0.107. The van der Waals surface area contributed by atoms with Crippen LogP contribution in [0.5, 0.6) is 0 Å². The monoisotopic (exact) mass is 413 g/mol. The quantitative estimate of drug-likeness (QED) is 0.207. The van der Waals surface area contributed by atoms with Crippen molar-refractivity contribution in [3.63, 3.8) is 0 Å². The van der Waals surface area contributed by atoms with E-state index in [2.05, 4.69) is 6.92 Å². The lowest BCUT2D eigenvalue weighted by Gasteiger charge is -2.21. The van der Waals surface area contributed by atoms with Crippen molar-refractivity contribution in [1.29, 1.82) is 0 Å². The van der Waals surface area contributed by atoms with Crippen LogP contribution in [0.15, 0.2) is 0 Å². The number of methoxy groups -OCH3 is 1. The Morgan fingerprint density at radius 1 is 0.821 bits per heavy atom. The van der Waals surface area contributed by atoms with Gasteiger partial charge in [0.15, 0.2) is 0 Å². The van der Waals surface area contributed by atoms with Crippen LogP contribution in [0.3, 0.4) is 0 Å². The topological polar surface area (TPSA) is 46.6 Å². The molecule has 164 valence electrons. The summed E-state index contributed by atoms with van der Waals surface area (Å²) in [6.07, 6.45) is 20.4. The van der Waals surface area contributed by atoms with E-state index < -0.39 is 0 Å². The summed E-state index contributed by atoms with van der Waals surface area (Å²) >= 11 is 1.63. The van der Waals surface area contributed by atoms with Crippen LogP contribution in [0.25, 0.3) is 0 Å². The lowest BCUT2D eigenvalue weighted by Crippen LogP contribution is -2.42. The normalized spacial score (nSPS) is 16.5. The summed E-state index contributed by atoms with van der Waals surface area (Å²) < 4.78 is 4.80. The van der Waals surface area contributed by atoms with Crippen molar-refractivity contribution in [2.24, 2.45) is 0 Å². The molecule has 0 radical (unpaired) electrons. The second-order valence-corrected chi connectivity index (χ2v) is 9.10. The molecule has 1 saturated heterocycles. The summed E-state index contributed by atoms with van der Waals surface area (Å²) in [4.78, 5) is 25.7. The highest BCUT2D eigenvalue weighted by atomic mass is 32.2. The van der Waals surface area contributed by atoms with Gasteiger partial charge in [-0.1, -0.05) is 96.8 Å². The number of thioether (sulfide) groups is 1. The maximum atomic E-state index is 12.3. The molecule has 0 aromatic heterocycles. The van der Waals surface area contributed by atoms with Gasteiger partial charge in [0.1, 0.15) is 6.04 Å². The summed E-state index contributed by atoms with van der Waals surface area (Å²) in [5.41, 5.74) is 0. The molecule has 0 spiro atoms. The molecular formula is C23H43NO3S. The van der Waals surface area contributed by atoms with Crippen molar-refractivity contribution >= 4 is 23.6 Å². The van der Waals surface area contributed by atoms with Crippen LogP contribution in [-0.4, -0.2) is 41.6 Å². The first-order chi connectivity index (χ1) is 13.7. The third-order valence-corrected chi connectivity index (χ3v) is 6.68. The zero-order chi connectivity index (χ0) is 20.5. The number of carbonyl (C=O) groups excluding carboxylic acids is 2. The number of rotatable bonds is 17. The summed E-state index contributed by atoms with van der Waals surface area (Å²) in [7, 11) is 1.39. The molecule has 5 heteroatoms. The SMILES string of the molecule is CCCCCCCCCCCCCCCCCC(=O)N1CSC[C@H]1C(=O)OC. The van der Waals surface area contributed by atoms with Gasteiger partial charge in [0.05, 0.1) is 13.0 Å². The fourth-order valence-corrected chi connectivity index (χ4v) is 4.98. The van der Waals surface area contributed by atoms with Crippen molar-refractivity contribution in [3.8, 4) is 0 Å². The summed E-state index contributed by atoms with van der Waals surface area (Å²) in [5.74, 6) is 1.11. The van der Waals surface area contributed by atoms with Crippen molar-refractivity contribution in [2.45, 2.75) is 116 Å².